The number of esters is 2. The molecule has 0 spiro atoms. The molecule has 12 nitrogen and oxygen atoms in total. The molecule has 0 bridgehead atoms. The van der Waals surface area contributed by atoms with Crippen molar-refractivity contribution in [1.82, 2.24) is 19.9 Å². The molecular weight excluding hydrogens is 639 g/mol. The van der Waals surface area contributed by atoms with Gasteiger partial charge in [0.25, 0.3) is 5.88 Å². The zero-order valence-corrected chi connectivity index (χ0v) is 29.2. The summed E-state index contributed by atoms with van der Waals surface area (Å²) in [6, 6.07) is 13.0. The third-order valence-electron chi connectivity index (χ3n) is 5.48. The Balaban J connectivity index is 0.000000266. The van der Waals surface area contributed by atoms with Gasteiger partial charge in [0.05, 0.1) is 24.3 Å². The van der Waals surface area contributed by atoms with Crippen molar-refractivity contribution in [2.45, 2.75) is 66.6 Å². The first kappa shape index (κ1) is 39.6. The summed E-state index contributed by atoms with van der Waals surface area (Å²) in [5.74, 6) is 0.108. The first-order chi connectivity index (χ1) is 22.5. The molecule has 2 heterocycles. The summed E-state index contributed by atoms with van der Waals surface area (Å²) in [5.41, 5.74) is 2.07. The summed E-state index contributed by atoms with van der Waals surface area (Å²) in [5, 5.41) is 17.9. The van der Waals surface area contributed by atoms with Crippen LogP contribution in [0.1, 0.15) is 76.1 Å². The number of hydrogen-bond donors (Lipinski definition) is 2. The van der Waals surface area contributed by atoms with Crippen molar-refractivity contribution in [2.24, 2.45) is 0 Å². The summed E-state index contributed by atoms with van der Waals surface area (Å²) < 4.78 is 21.0. The third kappa shape index (κ3) is 14.0. The molecule has 4 aromatic rings. The van der Waals surface area contributed by atoms with Gasteiger partial charge in [0.2, 0.25) is 5.88 Å². The quantitative estimate of drug-likeness (QED) is 0.182. The largest absolute Gasteiger partial charge is 0.488 e. The maximum absolute atomic E-state index is 11.7. The van der Waals surface area contributed by atoms with E-state index in [0.717, 1.165) is 5.56 Å². The van der Waals surface area contributed by atoms with E-state index in [9.17, 15) is 9.59 Å². The lowest BCUT2D eigenvalue weighted by Gasteiger charge is -2.21. The van der Waals surface area contributed by atoms with Crippen LogP contribution in [-0.4, -0.2) is 73.5 Å². The van der Waals surface area contributed by atoms with Crippen molar-refractivity contribution < 1.29 is 38.6 Å². The predicted molar refractivity (Wildman–Crippen MR) is 183 cm³/mol. The highest BCUT2D eigenvalue weighted by Gasteiger charge is 2.18. The summed E-state index contributed by atoms with van der Waals surface area (Å²) in [4.78, 5) is 39.2. The van der Waals surface area contributed by atoms with Gasteiger partial charge in [0, 0.05) is 30.4 Å². The summed E-state index contributed by atoms with van der Waals surface area (Å²) >= 11 is 5.73. The molecule has 2 aromatic heterocycles. The van der Waals surface area contributed by atoms with Gasteiger partial charge in [-0.2, -0.15) is 0 Å². The van der Waals surface area contributed by atoms with Crippen LogP contribution in [0.25, 0.3) is 11.3 Å². The molecule has 2 aromatic carbocycles. The van der Waals surface area contributed by atoms with E-state index in [1.165, 1.54) is 30.5 Å². The number of carbonyl (C=O) groups excluding carboxylic acids is 2. The summed E-state index contributed by atoms with van der Waals surface area (Å²) in [7, 11) is -1.51. The summed E-state index contributed by atoms with van der Waals surface area (Å²) in [6.45, 7) is 15.8. The number of benzene rings is 2. The number of ether oxygens (including phenoxy) is 4. The fourth-order valence-electron chi connectivity index (χ4n) is 3.54. The van der Waals surface area contributed by atoms with Gasteiger partial charge in [-0.3, -0.25) is 0 Å². The maximum atomic E-state index is 11.7. The molecule has 0 aliphatic carbocycles. The van der Waals surface area contributed by atoms with Crippen LogP contribution in [0.5, 0.6) is 11.8 Å². The molecule has 0 aliphatic heterocycles. The molecular formula is C34H42BClN4O8. The van der Waals surface area contributed by atoms with Crippen LogP contribution in [0, 0.1) is 0 Å². The smallest absolute Gasteiger partial charge is 0.470 e. The average Bonchev–Trinajstić information content (AvgIpc) is 3.02. The van der Waals surface area contributed by atoms with Crippen molar-refractivity contribution in [2.75, 3.05) is 13.2 Å². The molecule has 0 radical (unpaired) electrons. The number of carbonyl (C=O) groups is 2. The summed E-state index contributed by atoms with van der Waals surface area (Å²) in [6.07, 6.45) is 6.28. The molecule has 0 saturated carbocycles. The number of halogens is 1. The molecule has 0 fully saturated rings. The second-order valence-corrected chi connectivity index (χ2v) is 12.2. The molecule has 2 N–H and O–H groups in total. The Morgan fingerprint density at radius 2 is 1.08 bits per heavy atom. The number of aromatic nitrogens is 4. The van der Waals surface area contributed by atoms with Crippen molar-refractivity contribution in [3.63, 3.8) is 0 Å². The van der Waals surface area contributed by atoms with Crippen LogP contribution in [0.2, 0.25) is 5.15 Å². The Morgan fingerprint density at radius 1 is 0.667 bits per heavy atom. The van der Waals surface area contributed by atoms with Gasteiger partial charge >= 0.3 is 19.1 Å². The number of rotatable bonds is 8. The van der Waals surface area contributed by atoms with E-state index in [4.69, 9.17) is 40.6 Å². The zero-order valence-electron chi connectivity index (χ0n) is 28.4. The van der Waals surface area contributed by atoms with Gasteiger partial charge in [-0.25, -0.2) is 29.5 Å². The standard InChI is InChI=1S/C17H20N2O3.C9H11BO4.C8H11ClN2O/c1-5-21-16(20)13-8-6-12(7-9-13)14-15(19-11-10-18-14)22-17(2,3)4;1-2-14-9(11)7-3-5-8(6-4-7)10(12)13;1-8(2,3)12-7-6(9)10-4-5-11-7/h6-11H,5H2,1-4H3;3-6,12-13H,2H2,1H3;4-5H,1-3H3. The van der Waals surface area contributed by atoms with Gasteiger partial charge in [0.15, 0.2) is 5.15 Å². The third-order valence-corrected chi connectivity index (χ3v) is 5.74. The first-order valence-electron chi connectivity index (χ1n) is 15.1. The lowest BCUT2D eigenvalue weighted by molar-refractivity contribution is 0.0517. The van der Waals surface area contributed by atoms with Crippen molar-refractivity contribution >= 4 is 36.1 Å². The van der Waals surface area contributed by atoms with Crippen LogP contribution < -0.4 is 14.9 Å². The SMILES string of the molecule is CC(C)(C)Oc1nccnc1Cl.CCOC(=O)c1ccc(-c2nccnc2OC(C)(C)C)cc1.CCOC(=O)c1ccc(B(O)O)cc1. The Bertz CT molecular complexity index is 1590. The topological polar surface area (TPSA) is 163 Å². The second-order valence-electron chi connectivity index (χ2n) is 11.8. The van der Waals surface area contributed by atoms with Gasteiger partial charge in [-0.05, 0) is 85.1 Å². The number of hydrogen-bond acceptors (Lipinski definition) is 12. The fraction of sp³-hybridized carbons (Fsp3) is 0.353. The highest BCUT2D eigenvalue weighted by Crippen LogP contribution is 2.28. The van der Waals surface area contributed by atoms with Crippen LogP contribution in [0.15, 0.2) is 73.3 Å². The van der Waals surface area contributed by atoms with E-state index in [0.29, 0.717) is 52.4 Å². The monoisotopic (exact) mass is 680 g/mol. The minimum atomic E-state index is -1.51. The van der Waals surface area contributed by atoms with E-state index < -0.39 is 13.1 Å². The lowest BCUT2D eigenvalue weighted by Crippen LogP contribution is -2.29. The highest BCUT2D eigenvalue weighted by molar-refractivity contribution is 6.58. The van der Waals surface area contributed by atoms with E-state index in [2.05, 4.69) is 19.9 Å². The van der Waals surface area contributed by atoms with Crippen molar-refractivity contribution in [1.29, 1.82) is 0 Å². The normalized spacial score (nSPS) is 10.7. The van der Waals surface area contributed by atoms with Gasteiger partial charge < -0.3 is 29.0 Å². The molecule has 0 saturated heterocycles. The average molecular weight is 681 g/mol. The highest BCUT2D eigenvalue weighted by atomic mass is 35.5. The molecule has 0 aliphatic rings. The second kappa shape index (κ2) is 18.7. The fourth-order valence-corrected chi connectivity index (χ4v) is 3.68. The Labute approximate surface area is 286 Å². The van der Waals surface area contributed by atoms with E-state index in [-0.39, 0.29) is 17.2 Å². The van der Waals surface area contributed by atoms with Crippen LogP contribution in [0.3, 0.4) is 0 Å². The minimum Gasteiger partial charge on any atom is -0.470 e. The molecule has 4 rings (SSSR count). The number of nitrogens with zero attached hydrogens (tertiary/aromatic N) is 4. The predicted octanol–water partition coefficient (Wildman–Crippen LogP) is 5.35. The van der Waals surface area contributed by atoms with Crippen molar-refractivity contribution in [3.8, 4) is 23.0 Å². The molecule has 48 heavy (non-hydrogen) atoms. The van der Waals surface area contributed by atoms with Gasteiger partial charge in [0.1, 0.15) is 16.9 Å². The van der Waals surface area contributed by atoms with E-state index in [1.807, 2.05) is 53.7 Å². The molecule has 256 valence electrons. The molecule has 0 atom stereocenters. The van der Waals surface area contributed by atoms with E-state index in [1.54, 1.807) is 44.6 Å². The molecule has 0 unspecified atom stereocenters. The van der Waals surface area contributed by atoms with Gasteiger partial charge in [-0.15, -0.1) is 0 Å². The van der Waals surface area contributed by atoms with Gasteiger partial charge in [-0.1, -0.05) is 35.9 Å². The Morgan fingerprint density at radius 3 is 1.52 bits per heavy atom. The van der Waals surface area contributed by atoms with Crippen LogP contribution in [0.4, 0.5) is 0 Å². The Kier molecular flexibility index (Phi) is 15.4. The van der Waals surface area contributed by atoms with Crippen LogP contribution >= 0.6 is 11.6 Å². The van der Waals surface area contributed by atoms with Crippen LogP contribution in [-0.2, 0) is 9.47 Å². The lowest BCUT2D eigenvalue weighted by atomic mass is 9.80. The first-order valence-corrected chi connectivity index (χ1v) is 15.5. The van der Waals surface area contributed by atoms with Crippen molar-refractivity contribution in [3.05, 3.63) is 89.6 Å². The zero-order chi connectivity index (χ0) is 35.9. The minimum absolute atomic E-state index is 0.292. The molecule has 14 heteroatoms. The Hall–Kier alpha value is -4.59. The molecule has 0 amide bonds. The maximum Gasteiger partial charge on any atom is 0.488 e. The van der Waals surface area contributed by atoms with E-state index >= 15 is 0 Å².